The highest BCUT2D eigenvalue weighted by Gasteiger charge is 2.29. The number of sulfone groups is 1. The Balaban J connectivity index is 2.45. The van der Waals surface area contributed by atoms with Crippen LogP contribution in [0.2, 0.25) is 0 Å². The molecular weight excluding hydrogens is 210 g/mol. The van der Waals surface area contributed by atoms with Gasteiger partial charge in [-0.15, -0.1) is 0 Å². The third-order valence-electron chi connectivity index (χ3n) is 3.51. The molecule has 0 aromatic carbocycles. The predicted molar refractivity (Wildman–Crippen MR) is 63.5 cm³/mol. The van der Waals surface area contributed by atoms with E-state index in [9.17, 15) is 8.42 Å². The summed E-state index contributed by atoms with van der Waals surface area (Å²) in [7, 11) is -2.86. The van der Waals surface area contributed by atoms with Gasteiger partial charge in [0.15, 0.2) is 9.84 Å². The van der Waals surface area contributed by atoms with E-state index >= 15 is 0 Å². The molecule has 0 saturated heterocycles. The van der Waals surface area contributed by atoms with Crippen LogP contribution in [0.5, 0.6) is 0 Å². The van der Waals surface area contributed by atoms with Gasteiger partial charge in [-0.3, -0.25) is 0 Å². The predicted octanol–water partition coefficient (Wildman–Crippen LogP) is 1.72. The Labute approximate surface area is 93.3 Å². The minimum absolute atomic E-state index is 0.0770. The molecule has 0 atom stereocenters. The summed E-state index contributed by atoms with van der Waals surface area (Å²) in [5.41, 5.74) is 5.34. The van der Waals surface area contributed by atoms with E-state index in [-0.39, 0.29) is 11.0 Å². The standard InChI is InChI=1S/C11H23NO2S/c1-2-10-4-6-11(7-5-10)15(13,14)9-3-8-12/h10-11H,2-9,12H2,1H3. The molecule has 1 saturated carbocycles. The van der Waals surface area contributed by atoms with E-state index in [2.05, 4.69) is 6.92 Å². The second kappa shape index (κ2) is 5.85. The van der Waals surface area contributed by atoms with Gasteiger partial charge in [0.25, 0.3) is 0 Å². The van der Waals surface area contributed by atoms with Crippen molar-refractivity contribution in [2.75, 3.05) is 12.3 Å². The van der Waals surface area contributed by atoms with Crippen molar-refractivity contribution in [1.29, 1.82) is 0 Å². The first kappa shape index (κ1) is 13.0. The summed E-state index contributed by atoms with van der Waals surface area (Å²) in [6.45, 7) is 2.66. The lowest BCUT2D eigenvalue weighted by atomic mass is 9.87. The lowest BCUT2D eigenvalue weighted by Gasteiger charge is -2.27. The van der Waals surface area contributed by atoms with Crippen molar-refractivity contribution < 1.29 is 8.42 Å². The van der Waals surface area contributed by atoms with E-state index < -0.39 is 9.84 Å². The van der Waals surface area contributed by atoms with Crippen molar-refractivity contribution in [1.82, 2.24) is 0 Å². The maximum atomic E-state index is 11.9. The molecular formula is C11H23NO2S. The van der Waals surface area contributed by atoms with Crippen LogP contribution in [0.25, 0.3) is 0 Å². The van der Waals surface area contributed by atoms with E-state index in [1.807, 2.05) is 0 Å². The molecule has 1 aliphatic carbocycles. The van der Waals surface area contributed by atoms with E-state index in [1.54, 1.807) is 0 Å². The summed E-state index contributed by atoms with van der Waals surface area (Å²) in [6.07, 6.45) is 5.70. The Hall–Kier alpha value is -0.0900. The van der Waals surface area contributed by atoms with Crippen molar-refractivity contribution >= 4 is 9.84 Å². The van der Waals surface area contributed by atoms with Crippen LogP contribution >= 0.6 is 0 Å². The van der Waals surface area contributed by atoms with Crippen LogP contribution in [-0.2, 0) is 9.84 Å². The Kier molecular flexibility index (Phi) is 5.06. The van der Waals surface area contributed by atoms with Gasteiger partial charge in [0.05, 0.1) is 11.0 Å². The van der Waals surface area contributed by atoms with Crippen LogP contribution in [0.3, 0.4) is 0 Å². The van der Waals surface area contributed by atoms with Crippen LogP contribution in [0.4, 0.5) is 0 Å². The van der Waals surface area contributed by atoms with Gasteiger partial charge in [0.1, 0.15) is 0 Å². The Morgan fingerprint density at radius 2 is 1.80 bits per heavy atom. The van der Waals surface area contributed by atoms with Crippen LogP contribution in [0, 0.1) is 5.92 Å². The van der Waals surface area contributed by atoms with Crippen LogP contribution in [-0.4, -0.2) is 26.0 Å². The van der Waals surface area contributed by atoms with Gasteiger partial charge in [0, 0.05) is 0 Å². The molecule has 3 nitrogen and oxygen atoms in total. The molecule has 0 radical (unpaired) electrons. The average Bonchev–Trinajstić information content (AvgIpc) is 2.26. The van der Waals surface area contributed by atoms with Gasteiger partial charge < -0.3 is 5.73 Å². The Morgan fingerprint density at radius 3 is 2.27 bits per heavy atom. The molecule has 0 aromatic heterocycles. The lowest BCUT2D eigenvalue weighted by Crippen LogP contribution is -2.29. The van der Waals surface area contributed by atoms with Gasteiger partial charge in [-0.25, -0.2) is 8.42 Å². The molecule has 0 unspecified atom stereocenters. The maximum Gasteiger partial charge on any atom is 0.153 e. The number of nitrogens with two attached hydrogens (primary N) is 1. The summed E-state index contributed by atoms with van der Waals surface area (Å²) in [5.74, 6) is 1.04. The Bertz CT molecular complexity index is 266. The van der Waals surface area contributed by atoms with E-state index in [0.717, 1.165) is 31.6 Å². The summed E-state index contributed by atoms with van der Waals surface area (Å²) >= 11 is 0. The van der Waals surface area contributed by atoms with Gasteiger partial charge in [0.2, 0.25) is 0 Å². The Morgan fingerprint density at radius 1 is 1.20 bits per heavy atom. The van der Waals surface area contributed by atoms with Crippen molar-refractivity contribution in [3.05, 3.63) is 0 Å². The van der Waals surface area contributed by atoms with Crippen molar-refractivity contribution in [3.8, 4) is 0 Å². The molecule has 1 aliphatic rings. The SMILES string of the molecule is CCC1CCC(S(=O)(=O)CCCN)CC1. The molecule has 2 N–H and O–H groups in total. The second-order valence-corrected chi connectivity index (χ2v) is 6.96. The summed E-state index contributed by atoms with van der Waals surface area (Å²) < 4.78 is 23.8. The average molecular weight is 233 g/mol. The van der Waals surface area contributed by atoms with Crippen molar-refractivity contribution in [2.24, 2.45) is 11.7 Å². The van der Waals surface area contributed by atoms with Crippen LogP contribution < -0.4 is 5.73 Å². The van der Waals surface area contributed by atoms with Crippen LogP contribution in [0.15, 0.2) is 0 Å². The van der Waals surface area contributed by atoms with Crippen molar-refractivity contribution in [2.45, 2.75) is 50.7 Å². The quantitative estimate of drug-likeness (QED) is 0.786. The zero-order valence-electron chi connectivity index (χ0n) is 9.61. The van der Waals surface area contributed by atoms with Gasteiger partial charge in [-0.05, 0) is 44.6 Å². The fourth-order valence-corrected chi connectivity index (χ4v) is 4.24. The number of hydrogen-bond donors (Lipinski definition) is 1. The minimum atomic E-state index is -2.86. The maximum absolute atomic E-state index is 11.9. The highest BCUT2D eigenvalue weighted by molar-refractivity contribution is 7.92. The fourth-order valence-electron chi connectivity index (χ4n) is 2.35. The van der Waals surface area contributed by atoms with Gasteiger partial charge in [-0.1, -0.05) is 13.3 Å². The van der Waals surface area contributed by atoms with Gasteiger partial charge >= 0.3 is 0 Å². The molecule has 0 bridgehead atoms. The molecule has 90 valence electrons. The molecule has 0 aliphatic heterocycles. The molecule has 0 spiro atoms. The van der Waals surface area contributed by atoms with Crippen molar-refractivity contribution in [3.63, 3.8) is 0 Å². The van der Waals surface area contributed by atoms with Crippen LogP contribution in [0.1, 0.15) is 45.4 Å². The first-order valence-electron chi connectivity index (χ1n) is 6.01. The monoisotopic (exact) mass is 233 g/mol. The normalized spacial score (nSPS) is 27.9. The lowest BCUT2D eigenvalue weighted by molar-refractivity contribution is 0.348. The molecule has 15 heavy (non-hydrogen) atoms. The zero-order chi connectivity index (χ0) is 11.3. The number of rotatable bonds is 5. The van der Waals surface area contributed by atoms with Gasteiger partial charge in [-0.2, -0.15) is 0 Å². The third kappa shape index (κ3) is 3.76. The van der Waals surface area contributed by atoms with E-state index in [1.165, 1.54) is 6.42 Å². The second-order valence-electron chi connectivity index (χ2n) is 4.56. The highest BCUT2D eigenvalue weighted by Crippen LogP contribution is 2.30. The molecule has 0 aromatic rings. The summed E-state index contributed by atoms with van der Waals surface area (Å²) in [6, 6.07) is 0. The molecule has 0 heterocycles. The topological polar surface area (TPSA) is 60.2 Å². The first-order chi connectivity index (χ1) is 7.10. The highest BCUT2D eigenvalue weighted by atomic mass is 32.2. The number of hydrogen-bond acceptors (Lipinski definition) is 3. The third-order valence-corrected chi connectivity index (χ3v) is 5.86. The zero-order valence-corrected chi connectivity index (χ0v) is 10.4. The molecule has 1 rings (SSSR count). The summed E-state index contributed by atoms with van der Waals surface area (Å²) in [5, 5.41) is -0.0770. The molecule has 1 fully saturated rings. The summed E-state index contributed by atoms with van der Waals surface area (Å²) in [4.78, 5) is 0. The van der Waals surface area contributed by atoms with E-state index in [0.29, 0.717) is 13.0 Å². The smallest absolute Gasteiger partial charge is 0.153 e. The first-order valence-corrected chi connectivity index (χ1v) is 7.73. The fraction of sp³-hybridized carbons (Fsp3) is 1.00. The largest absolute Gasteiger partial charge is 0.330 e. The molecule has 0 amide bonds. The molecule has 4 heteroatoms. The van der Waals surface area contributed by atoms with E-state index in [4.69, 9.17) is 5.73 Å². The minimum Gasteiger partial charge on any atom is -0.330 e.